The molecule has 22 heavy (non-hydrogen) atoms. The summed E-state index contributed by atoms with van der Waals surface area (Å²) < 4.78 is 37.0. The summed E-state index contributed by atoms with van der Waals surface area (Å²) in [7, 11) is -3.79. The SMILES string of the molecule is Cc1noc(C)c1S(=O)(=O)Nc1ccc(OCC(N)=O)cc1. The number of hydrogen-bond donors (Lipinski definition) is 2. The summed E-state index contributed by atoms with van der Waals surface area (Å²) in [4.78, 5) is 10.6. The Hall–Kier alpha value is -2.55. The van der Waals surface area contributed by atoms with Gasteiger partial charge >= 0.3 is 0 Å². The van der Waals surface area contributed by atoms with Crippen LogP contribution in [0.15, 0.2) is 33.7 Å². The van der Waals surface area contributed by atoms with Crippen molar-refractivity contribution in [3.05, 3.63) is 35.7 Å². The van der Waals surface area contributed by atoms with Crippen molar-refractivity contribution in [2.24, 2.45) is 5.73 Å². The molecule has 0 aliphatic heterocycles. The Kier molecular flexibility index (Phi) is 4.36. The summed E-state index contributed by atoms with van der Waals surface area (Å²) in [6.07, 6.45) is 0. The van der Waals surface area contributed by atoms with Crippen molar-refractivity contribution in [2.75, 3.05) is 11.3 Å². The molecule has 0 aliphatic carbocycles. The maximum Gasteiger partial charge on any atom is 0.267 e. The van der Waals surface area contributed by atoms with Crippen LogP contribution < -0.4 is 15.2 Å². The van der Waals surface area contributed by atoms with Crippen molar-refractivity contribution in [1.82, 2.24) is 5.16 Å². The van der Waals surface area contributed by atoms with E-state index < -0.39 is 15.9 Å². The first-order valence-corrected chi connectivity index (χ1v) is 7.75. The van der Waals surface area contributed by atoms with Crippen molar-refractivity contribution < 1.29 is 22.5 Å². The first-order valence-electron chi connectivity index (χ1n) is 6.26. The molecule has 0 radical (unpaired) electrons. The molecule has 0 aliphatic rings. The first kappa shape index (κ1) is 15.8. The van der Waals surface area contributed by atoms with Crippen LogP contribution in [0.2, 0.25) is 0 Å². The first-order chi connectivity index (χ1) is 10.3. The number of nitrogens with zero attached hydrogens (tertiary/aromatic N) is 1. The maximum absolute atomic E-state index is 12.3. The van der Waals surface area contributed by atoms with E-state index in [1.807, 2.05) is 0 Å². The lowest BCUT2D eigenvalue weighted by Gasteiger charge is -2.09. The molecular formula is C13H15N3O5S. The average molecular weight is 325 g/mol. The van der Waals surface area contributed by atoms with Crippen LogP contribution in [0, 0.1) is 13.8 Å². The van der Waals surface area contributed by atoms with Gasteiger partial charge in [0.25, 0.3) is 15.9 Å². The summed E-state index contributed by atoms with van der Waals surface area (Å²) in [5.41, 5.74) is 5.59. The lowest BCUT2D eigenvalue weighted by molar-refractivity contribution is -0.119. The van der Waals surface area contributed by atoms with Gasteiger partial charge in [0, 0.05) is 5.69 Å². The van der Waals surface area contributed by atoms with Crippen LogP contribution in [-0.2, 0) is 14.8 Å². The number of rotatable bonds is 6. The lowest BCUT2D eigenvalue weighted by atomic mass is 10.3. The van der Waals surface area contributed by atoms with Crippen molar-refractivity contribution in [3.8, 4) is 5.75 Å². The highest BCUT2D eigenvalue weighted by molar-refractivity contribution is 7.92. The Bertz CT molecular complexity index is 761. The standard InChI is InChI=1S/C13H15N3O5S/c1-8-13(9(2)21-15-8)22(18,19)16-10-3-5-11(6-4-10)20-7-12(14)17/h3-6,16H,7H2,1-2H3,(H2,14,17). The number of aryl methyl sites for hydroxylation is 2. The fourth-order valence-corrected chi connectivity index (χ4v) is 3.23. The van der Waals surface area contributed by atoms with Gasteiger partial charge in [0.2, 0.25) is 0 Å². The molecule has 0 saturated heterocycles. The number of ether oxygens (including phenoxy) is 1. The van der Waals surface area contributed by atoms with Gasteiger partial charge in [-0.05, 0) is 38.1 Å². The average Bonchev–Trinajstić information content (AvgIpc) is 2.77. The van der Waals surface area contributed by atoms with Gasteiger partial charge in [0.05, 0.1) is 0 Å². The second-order valence-electron chi connectivity index (χ2n) is 4.54. The minimum absolute atomic E-state index is 0.0153. The molecule has 0 bridgehead atoms. The summed E-state index contributed by atoms with van der Waals surface area (Å²) >= 11 is 0. The zero-order valence-electron chi connectivity index (χ0n) is 12.0. The zero-order valence-corrected chi connectivity index (χ0v) is 12.8. The number of anilines is 1. The predicted octanol–water partition coefficient (Wildman–Crippen LogP) is 0.956. The minimum Gasteiger partial charge on any atom is -0.484 e. The van der Waals surface area contributed by atoms with Crippen LogP contribution in [0.3, 0.4) is 0 Å². The Morgan fingerprint density at radius 2 is 1.95 bits per heavy atom. The molecule has 1 heterocycles. The van der Waals surface area contributed by atoms with E-state index in [0.717, 1.165) is 0 Å². The number of nitrogens with two attached hydrogens (primary N) is 1. The van der Waals surface area contributed by atoms with Gasteiger partial charge in [-0.1, -0.05) is 5.16 Å². The molecule has 8 nitrogen and oxygen atoms in total. The molecule has 9 heteroatoms. The van der Waals surface area contributed by atoms with Crippen LogP contribution in [0.4, 0.5) is 5.69 Å². The molecule has 0 spiro atoms. The number of carbonyl (C=O) groups excluding carboxylic acids is 1. The monoisotopic (exact) mass is 325 g/mol. The van der Waals surface area contributed by atoms with E-state index in [1.54, 1.807) is 6.92 Å². The van der Waals surface area contributed by atoms with Crippen molar-refractivity contribution in [3.63, 3.8) is 0 Å². The highest BCUT2D eigenvalue weighted by Gasteiger charge is 2.24. The molecule has 1 aromatic carbocycles. The summed E-state index contributed by atoms with van der Waals surface area (Å²) in [6, 6.07) is 6.06. The molecule has 1 aromatic heterocycles. The number of aromatic nitrogens is 1. The number of nitrogens with one attached hydrogen (secondary N) is 1. The minimum atomic E-state index is -3.79. The molecular weight excluding hydrogens is 310 g/mol. The van der Waals surface area contributed by atoms with Gasteiger partial charge in [0.15, 0.2) is 17.3 Å². The third-order valence-electron chi connectivity index (χ3n) is 2.72. The molecule has 1 amide bonds. The number of amides is 1. The predicted molar refractivity (Wildman–Crippen MR) is 77.9 cm³/mol. The fraction of sp³-hybridized carbons (Fsp3) is 0.231. The number of carbonyl (C=O) groups is 1. The van der Waals surface area contributed by atoms with Crippen molar-refractivity contribution in [2.45, 2.75) is 18.7 Å². The number of sulfonamides is 1. The van der Waals surface area contributed by atoms with Crippen LogP contribution in [-0.4, -0.2) is 26.1 Å². The Morgan fingerprint density at radius 3 is 2.45 bits per heavy atom. The largest absolute Gasteiger partial charge is 0.484 e. The topological polar surface area (TPSA) is 125 Å². The maximum atomic E-state index is 12.3. The van der Waals surface area contributed by atoms with Crippen LogP contribution in [0.1, 0.15) is 11.5 Å². The van der Waals surface area contributed by atoms with E-state index in [9.17, 15) is 13.2 Å². The van der Waals surface area contributed by atoms with Crippen molar-refractivity contribution in [1.29, 1.82) is 0 Å². The van der Waals surface area contributed by atoms with Gasteiger partial charge in [0.1, 0.15) is 11.4 Å². The molecule has 118 valence electrons. The molecule has 0 saturated carbocycles. The van der Waals surface area contributed by atoms with Gasteiger partial charge in [-0.15, -0.1) is 0 Å². The molecule has 0 unspecified atom stereocenters. The third kappa shape index (κ3) is 3.55. The Morgan fingerprint density at radius 1 is 1.32 bits per heavy atom. The summed E-state index contributed by atoms with van der Waals surface area (Å²) in [5.74, 6) is 0.0219. The number of primary amides is 1. The Labute approximate surface area is 127 Å². The van der Waals surface area contributed by atoms with Crippen molar-refractivity contribution >= 4 is 21.6 Å². The third-order valence-corrected chi connectivity index (χ3v) is 4.35. The Balaban J connectivity index is 2.15. The number of benzene rings is 1. The highest BCUT2D eigenvalue weighted by atomic mass is 32.2. The smallest absolute Gasteiger partial charge is 0.267 e. The number of hydrogen-bond acceptors (Lipinski definition) is 6. The molecule has 0 fully saturated rings. The van der Waals surface area contributed by atoms with E-state index >= 15 is 0 Å². The van der Waals surface area contributed by atoms with Gasteiger partial charge in [-0.25, -0.2) is 8.42 Å². The second-order valence-corrected chi connectivity index (χ2v) is 6.16. The zero-order chi connectivity index (χ0) is 16.3. The van der Waals surface area contributed by atoms with Crippen LogP contribution >= 0.6 is 0 Å². The van der Waals surface area contributed by atoms with E-state index in [2.05, 4.69) is 9.88 Å². The second kappa shape index (κ2) is 6.06. The van der Waals surface area contributed by atoms with Crippen LogP contribution in [0.5, 0.6) is 5.75 Å². The van der Waals surface area contributed by atoms with E-state index in [1.165, 1.54) is 31.2 Å². The molecule has 2 aromatic rings. The lowest BCUT2D eigenvalue weighted by Crippen LogP contribution is -2.20. The quantitative estimate of drug-likeness (QED) is 0.815. The van der Waals surface area contributed by atoms with Gasteiger partial charge < -0.3 is 15.0 Å². The normalized spacial score (nSPS) is 11.2. The molecule has 0 atom stereocenters. The highest BCUT2D eigenvalue weighted by Crippen LogP contribution is 2.23. The fourth-order valence-electron chi connectivity index (χ4n) is 1.84. The van der Waals surface area contributed by atoms with Crippen LogP contribution in [0.25, 0.3) is 0 Å². The van der Waals surface area contributed by atoms with Gasteiger partial charge in [-0.3, -0.25) is 9.52 Å². The van der Waals surface area contributed by atoms with E-state index in [-0.39, 0.29) is 23.0 Å². The molecule has 2 rings (SSSR count). The van der Waals surface area contributed by atoms with E-state index in [0.29, 0.717) is 11.4 Å². The summed E-state index contributed by atoms with van der Waals surface area (Å²) in [5, 5.41) is 3.62. The van der Waals surface area contributed by atoms with E-state index in [4.69, 9.17) is 15.0 Å². The van der Waals surface area contributed by atoms with Gasteiger partial charge in [-0.2, -0.15) is 0 Å². The molecule has 3 N–H and O–H groups in total. The summed E-state index contributed by atoms with van der Waals surface area (Å²) in [6.45, 7) is 2.82.